The normalized spacial score (nSPS) is 11.1. The van der Waals surface area contributed by atoms with E-state index in [9.17, 15) is 22.8 Å². The summed E-state index contributed by atoms with van der Waals surface area (Å²) in [6, 6.07) is 19.8. The molecule has 0 atom stereocenters. The van der Waals surface area contributed by atoms with Gasteiger partial charge in [0.15, 0.2) is 0 Å². The highest BCUT2D eigenvalue weighted by Crippen LogP contribution is 2.37. The van der Waals surface area contributed by atoms with Gasteiger partial charge in [0.25, 0.3) is 5.91 Å². The second-order valence-corrected chi connectivity index (χ2v) is 7.55. The Morgan fingerprint density at radius 3 is 2.11 bits per heavy atom. The molecule has 2 N–H and O–H groups in total. The lowest BCUT2D eigenvalue weighted by Gasteiger charge is -2.17. The van der Waals surface area contributed by atoms with Crippen LogP contribution < -0.4 is 10.6 Å². The van der Waals surface area contributed by atoms with Crippen LogP contribution in [0.1, 0.15) is 21.6 Å². The van der Waals surface area contributed by atoms with Gasteiger partial charge in [0.2, 0.25) is 5.91 Å². The predicted molar refractivity (Wildman–Crippen MR) is 126 cm³/mol. The van der Waals surface area contributed by atoms with Gasteiger partial charge in [0.1, 0.15) is 6.33 Å². The number of hydrogen-bond donors (Lipinski definition) is 2. The van der Waals surface area contributed by atoms with E-state index in [0.29, 0.717) is 16.9 Å². The summed E-state index contributed by atoms with van der Waals surface area (Å²) >= 11 is 0. The van der Waals surface area contributed by atoms with Crippen molar-refractivity contribution in [3.8, 4) is 11.1 Å². The number of nitrogens with one attached hydrogen (secondary N) is 2. The average Bonchev–Trinajstić information content (AvgIpc) is 2.85. The molecule has 0 radical (unpaired) electrons. The molecule has 0 unspecified atom stereocenters. The van der Waals surface area contributed by atoms with Crippen LogP contribution in [0.3, 0.4) is 0 Å². The molecule has 0 aliphatic heterocycles. The first kappa shape index (κ1) is 23.6. The van der Waals surface area contributed by atoms with E-state index in [1.54, 1.807) is 48.5 Å². The third-order valence-corrected chi connectivity index (χ3v) is 5.09. The van der Waals surface area contributed by atoms with Crippen molar-refractivity contribution >= 4 is 23.2 Å². The van der Waals surface area contributed by atoms with E-state index in [4.69, 9.17) is 0 Å². The number of hydrogen-bond acceptors (Lipinski definition) is 4. The molecule has 3 aromatic carbocycles. The van der Waals surface area contributed by atoms with Gasteiger partial charge >= 0.3 is 6.18 Å². The zero-order chi connectivity index (χ0) is 24.8. The van der Waals surface area contributed by atoms with Crippen LogP contribution in [0.4, 0.5) is 24.5 Å². The number of aromatic nitrogens is 2. The van der Waals surface area contributed by atoms with Crippen molar-refractivity contribution in [2.24, 2.45) is 0 Å². The van der Waals surface area contributed by atoms with Gasteiger partial charge in [0, 0.05) is 17.6 Å². The molecule has 0 aliphatic rings. The summed E-state index contributed by atoms with van der Waals surface area (Å²) in [7, 11) is 0. The maximum Gasteiger partial charge on any atom is 0.417 e. The molecule has 0 spiro atoms. The maximum absolute atomic E-state index is 13.7. The fourth-order valence-corrected chi connectivity index (χ4v) is 3.51. The highest BCUT2D eigenvalue weighted by atomic mass is 19.4. The van der Waals surface area contributed by atoms with Crippen molar-refractivity contribution in [3.05, 3.63) is 108 Å². The van der Waals surface area contributed by atoms with Gasteiger partial charge in [-0.2, -0.15) is 13.2 Å². The molecule has 1 heterocycles. The molecule has 0 saturated heterocycles. The van der Waals surface area contributed by atoms with Crippen molar-refractivity contribution < 1.29 is 22.8 Å². The van der Waals surface area contributed by atoms with Gasteiger partial charge in [-0.1, -0.05) is 42.5 Å². The summed E-state index contributed by atoms with van der Waals surface area (Å²) in [5.74, 6) is -1.19. The number of carbonyl (C=O) groups is 2. The Balaban J connectivity index is 1.53. The van der Waals surface area contributed by atoms with E-state index in [1.165, 1.54) is 36.8 Å². The van der Waals surface area contributed by atoms with Gasteiger partial charge in [-0.25, -0.2) is 9.97 Å². The molecule has 6 nitrogen and oxygen atoms in total. The standard InChI is InChI=1S/C26H19F3N4O2/c27-26(28,29)22-8-4-7-21(17-5-2-1-3-6-17)24(22)25(35)33-19-11-9-18(10-12-19)32-23(34)15-20-13-14-30-16-31-20/h1-14,16H,15H2,(H,32,34)(H,33,35). The van der Waals surface area contributed by atoms with Crippen molar-refractivity contribution in [3.63, 3.8) is 0 Å². The highest BCUT2D eigenvalue weighted by molar-refractivity contribution is 6.10. The van der Waals surface area contributed by atoms with Crippen LogP contribution in [0.15, 0.2) is 91.4 Å². The monoisotopic (exact) mass is 476 g/mol. The summed E-state index contributed by atoms with van der Waals surface area (Å²) in [5.41, 5.74) is 0.469. The molecular weight excluding hydrogens is 457 g/mol. The number of halogens is 3. The van der Waals surface area contributed by atoms with Crippen LogP contribution >= 0.6 is 0 Å². The van der Waals surface area contributed by atoms with Crippen molar-refractivity contribution in [1.82, 2.24) is 9.97 Å². The number of nitrogens with zero attached hydrogens (tertiary/aromatic N) is 2. The van der Waals surface area contributed by atoms with Gasteiger partial charge in [-0.3, -0.25) is 9.59 Å². The highest BCUT2D eigenvalue weighted by Gasteiger charge is 2.36. The van der Waals surface area contributed by atoms with Crippen molar-refractivity contribution in [2.75, 3.05) is 10.6 Å². The second-order valence-electron chi connectivity index (χ2n) is 7.55. The van der Waals surface area contributed by atoms with Gasteiger partial charge in [-0.05, 0) is 47.5 Å². The minimum absolute atomic E-state index is 0.0531. The van der Waals surface area contributed by atoms with Crippen LogP contribution in [0.5, 0.6) is 0 Å². The fourth-order valence-electron chi connectivity index (χ4n) is 3.51. The largest absolute Gasteiger partial charge is 0.417 e. The first-order valence-electron chi connectivity index (χ1n) is 10.5. The zero-order valence-electron chi connectivity index (χ0n) is 18.2. The average molecular weight is 476 g/mol. The van der Waals surface area contributed by atoms with Crippen LogP contribution in [-0.2, 0) is 17.4 Å². The molecule has 1 aromatic heterocycles. The number of carbonyl (C=O) groups excluding carboxylic acids is 2. The van der Waals surface area contributed by atoms with E-state index >= 15 is 0 Å². The van der Waals surface area contributed by atoms with Crippen LogP contribution in [0, 0.1) is 0 Å². The lowest BCUT2D eigenvalue weighted by Crippen LogP contribution is -2.20. The number of rotatable bonds is 6. The fraction of sp³-hybridized carbons (Fsp3) is 0.0769. The Hall–Kier alpha value is -4.53. The summed E-state index contributed by atoms with van der Waals surface area (Å²) < 4.78 is 41.2. The molecule has 176 valence electrons. The number of alkyl halides is 3. The van der Waals surface area contributed by atoms with Crippen LogP contribution in [0.25, 0.3) is 11.1 Å². The molecule has 4 aromatic rings. The Bertz CT molecular complexity index is 1330. The first-order chi connectivity index (χ1) is 16.8. The Labute approximate surface area is 198 Å². The van der Waals surface area contributed by atoms with Crippen molar-refractivity contribution in [2.45, 2.75) is 12.6 Å². The van der Waals surface area contributed by atoms with Crippen molar-refractivity contribution in [1.29, 1.82) is 0 Å². The lowest BCUT2D eigenvalue weighted by atomic mass is 9.94. The zero-order valence-corrected chi connectivity index (χ0v) is 18.2. The summed E-state index contributed by atoms with van der Waals surface area (Å²) in [6.07, 6.45) is -1.78. The molecule has 9 heteroatoms. The quantitative estimate of drug-likeness (QED) is 0.380. The van der Waals surface area contributed by atoms with Gasteiger partial charge in [0.05, 0.1) is 23.2 Å². The van der Waals surface area contributed by atoms with E-state index in [-0.39, 0.29) is 23.6 Å². The Kier molecular flexibility index (Phi) is 6.86. The number of anilines is 2. The third kappa shape index (κ3) is 5.89. The minimum atomic E-state index is -4.71. The Morgan fingerprint density at radius 2 is 1.49 bits per heavy atom. The molecule has 35 heavy (non-hydrogen) atoms. The van der Waals surface area contributed by atoms with E-state index in [1.807, 2.05) is 0 Å². The molecular formula is C26H19F3N4O2. The smallest absolute Gasteiger partial charge is 0.326 e. The first-order valence-corrected chi connectivity index (χ1v) is 10.5. The molecule has 2 amide bonds. The van der Waals surface area contributed by atoms with Crippen LogP contribution in [-0.4, -0.2) is 21.8 Å². The minimum Gasteiger partial charge on any atom is -0.326 e. The van der Waals surface area contributed by atoms with Gasteiger partial charge in [-0.15, -0.1) is 0 Å². The molecule has 0 aliphatic carbocycles. The van der Waals surface area contributed by atoms with Crippen LogP contribution in [0.2, 0.25) is 0 Å². The molecule has 0 bridgehead atoms. The Morgan fingerprint density at radius 1 is 0.800 bits per heavy atom. The predicted octanol–water partition coefficient (Wildman–Crippen LogP) is 5.60. The topological polar surface area (TPSA) is 84.0 Å². The van der Waals surface area contributed by atoms with Gasteiger partial charge < -0.3 is 10.6 Å². The lowest BCUT2D eigenvalue weighted by molar-refractivity contribution is -0.137. The maximum atomic E-state index is 13.7. The summed E-state index contributed by atoms with van der Waals surface area (Å²) in [5, 5.41) is 5.23. The molecule has 0 fully saturated rings. The molecule has 4 rings (SSSR count). The molecule has 0 saturated carbocycles. The summed E-state index contributed by atoms with van der Waals surface area (Å²) in [4.78, 5) is 33.0. The SMILES string of the molecule is O=C(Cc1ccncn1)Nc1ccc(NC(=O)c2c(-c3ccccc3)cccc2C(F)(F)F)cc1. The van der Waals surface area contributed by atoms with E-state index in [2.05, 4.69) is 20.6 Å². The number of benzene rings is 3. The third-order valence-electron chi connectivity index (χ3n) is 5.09. The second kappa shape index (κ2) is 10.2. The summed E-state index contributed by atoms with van der Waals surface area (Å²) in [6.45, 7) is 0. The van der Waals surface area contributed by atoms with E-state index in [0.717, 1.165) is 6.07 Å². The number of amides is 2. The van der Waals surface area contributed by atoms with E-state index < -0.39 is 23.2 Å².